The Labute approximate surface area is 172 Å². The van der Waals surface area contributed by atoms with Crippen molar-refractivity contribution in [3.8, 4) is 5.75 Å². The van der Waals surface area contributed by atoms with Gasteiger partial charge in [-0.15, -0.1) is 0 Å². The number of likely N-dealkylation sites (tertiary alicyclic amines) is 1. The SMILES string of the molecule is CN1C[C@@H]2COC[C@H](C1)N(C(=O)c1cccc(OCC(=O)N3CCCCC3)c1)C2. The summed E-state index contributed by atoms with van der Waals surface area (Å²) in [5, 5.41) is 0. The van der Waals surface area contributed by atoms with Gasteiger partial charge in [-0.3, -0.25) is 9.59 Å². The maximum atomic E-state index is 13.3. The van der Waals surface area contributed by atoms with Gasteiger partial charge in [-0.05, 0) is 44.5 Å². The van der Waals surface area contributed by atoms with Crippen LogP contribution < -0.4 is 4.74 Å². The molecule has 3 fully saturated rings. The predicted octanol–water partition coefficient (Wildman–Crippen LogP) is 1.48. The van der Waals surface area contributed by atoms with Gasteiger partial charge in [0, 0.05) is 44.2 Å². The average molecular weight is 402 g/mol. The second kappa shape index (κ2) is 9.13. The smallest absolute Gasteiger partial charge is 0.260 e. The minimum Gasteiger partial charge on any atom is -0.484 e. The molecule has 2 amide bonds. The van der Waals surface area contributed by atoms with Gasteiger partial charge in [0.1, 0.15) is 5.75 Å². The van der Waals surface area contributed by atoms with Crippen LogP contribution in [0.5, 0.6) is 5.75 Å². The number of hydrogen-bond acceptors (Lipinski definition) is 5. The summed E-state index contributed by atoms with van der Waals surface area (Å²) < 4.78 is 11.5. The fourth-order valence-corrected chi connectivity index (χ4v) is 4.59. The van der Waals surface area contributed by atoms with Gasteiger partial charge in [-0.25, -0.2) is 0 Å². The van der Waals surface area contributed by atoms with E-state index in [2.05, 4.69) is 11.9 Å². The first-order chi connectivity index (χ1) is 14.1. The zero-order chi connectivity index (χ0) is 20.2. The molecule has 7 nitrogen and oxygen atoms in total. The number of ether oxygens (including phenoxy) is 2. The molecule has 1 aromatic carbocycles. The molecule has 2 atom stereocenters. The van der Waals surface area contributed by atoms with Crippen molar-refractivity contribution in [3.63, 3.8) is 0 Å². The summed E-state index contributed by atoms with van der Waals surface area (Å²) >= 11 is 0. The molecule has 3 aliphatic heterocycles. The summed E-state index contributed by atoms with van der Waals surface area (Å²) in [6.45, 7) is 5.41. The summed E-state index contributed by atoms with van der Waals surface area (Å²) in [4.78, 5) is 31.7. The van der Waals surface area contributed by atoms with Crippen molar-refractivity contribution in [2.75, 3.05) is 59.6 Å². The third-order valence-electron chi connectivity index (χ3n) is 6.06. The molecule has 3 aliphatic rings. The van der Waals surface area contributed by atoms with Crippen LogP contribution >= 0.6 is 0 Å². The third-order valence-corrected chi connectivity index (χ3v) is 6.06. The van der Waals surface area contributed by atoms with E-state index in [9.17, 15) is 9.59 Å². The Hall–Kier alpha value is -2.12. The Morgan fingerprint density at radius 1 is 1.10 bits per heavy atom. The molecule has 0 aliphatic carbocycles. The Morgan fingerprint density at radius 2 is 1.93 bits per heavy atom. The molecule has 0 spiro atoms. The molecule has 4 rings (SSSR count). The second-order valence-electron chi connectivity index (χ2n) is 8.49. The van der Waals surface area contributed by atoms with Crippen LogP contribution in [0, 0.1) is 5.92 Å². The van der Waals surface area contributed by atoms with E-state index in [1.807, 2.05) is 21.9 Å². The second-order valence-corrected chi connectivity index (χ2v) is 8.49. The maximum Gasteiger partial charge on any atom is 0.260 e. The number of rotatable bonds is 4. The molecule has 0 aromatic heterocycles. The fraction of sp³-hybridized carbons (Fsp3) is 0.636. The number of benzene rings is 1. The zero-order valence-corrected chi connectivity index (χ0v) is 17.2. The Kier molecular flexibility index (Phi) is 6.35. The lowest BCUT2D eigenvalue weighted by Crippen LogP contribution is -2.45. The zero-order valence-electron chi connectivity index (χ0n) is 17.2. The maximum absolute atomic E-state index is 13.3. The topological polar surface area (TPSA) is 62.3 Å². The summed E-state index contributed by atoms with van der Waals surface area (Å²) in [7, 11) is 2.10. The number of nitrogens with zero attached hydrogens (tertiary/aromatic N) is 3. The Balaban J connectivity index is 1.41. The first kappa shape index (κ1) is 20.2. The molecular weight excluding hydrogens is 370 g/mol. The van der Waals surface area contributed by atoms with Crippen LogP contribution in [-0.4, -0.2) is 92.1 Å². The Bertz CT molecular complexity index is 735. The molecule has 29 heavy (non-hydrogen) atoms. The molecule has 0 radical (unpaired) electrons. The molecule has 0 saturated carbocycles. The highest BCUT2D eigenvalue weighted by Gasteiger charge is 2.35. The van der Waals surface area contributed by atoms with Crippen LogP contribution in [0.3, 0.4) is 0 Å². The lowest BCUT2D eigenvalue weighted by Gasteiger charge is -2.30. The molecule has 158 valence electrons. The van der Waals surface area contributed by atoms with Gasteiger partial charge < -0.3 is 24.2 Å². The van der Waals surface area contributed by atoms with Crippen LogP contribution in [0.1, 0.15) is 29.6 Å². The van der Waals surface area contributed by atoms with Crippen LogP contribution in [0.2, 0.25) is 0 Å². The lowest BCUT2D eigenvalue weighted by atomic mass is 10.1. The largest absolute Gasteiger partial charge is 0.484 e. The van der Waals surface area contributed by atoms with E-state index < -0.39 is 0 Å². The number of carbonyl (C=O) groups excluding carboxylic acids is 2. The Morgan fingerprint density at radius 3 is 2.76 bits per heavy atom. The minimum atomic E-state index is 0.00797. The highest BCUT2D eigenvalue weighted by Crippen LogP contribution is 2.23. The van der Waals surface area contributed by atoms with Gasteiger partial charge in [-0.2, -0.15) is 0 Å². The summed E-state index contributed by atoms with van der Waals surface area (Å²) in [6, 6.07) is 7.26. The van der Waals surface area contributed by atoms with Crippen LogP contribution in [0.15, 0.2) is 24.3 Å². The average Bonchev–Trinajstić information content (AvgIpc) is 3.02. The van der Waals surface area contributed by atoms with Gasteiger partial charge in [0.25, 0.3) is 11.8 Å². The van der Waals surface area contributed by atoms with Gasteiger partial charge in [0.05, 0.1) is 19.3 Å². The highest BCUT2D eigenvalue weighted by atomic mass is 16.5. The van der Waals surface area contributed by atoms with Gasteiger partial charge in [-0.1, -0.05) is 6.07 Å². The van der Waals surface area contributed by atoms with Crippen molar-refractivity contribution < 1.29 is 19.1 Å². The molecule has 3 heterocycles. The number of carbonyl (C=O) groups is 2. The van der Waals surface area contributed by atoms with E-state index in [-0.39, 0.29) is 24.5 Å². The van der Waals surface area contributed by atoms with Crippen LogP contribution in [0.4, 0.5) is 0 Å². The quantitative estimate of drug-likeness (QED) is 0.765. The first-order valence-electron chi connectivity index (χ1n) is 10.7. The molecule has 0 N–H and O–H groups in total. The lowest BCUT2D eigenvalue weighted by molar-refractivity contribution is -0.134. The van der Waals surface area contributed by atoms with Crippen LogP contribution in [0.25, 0.3) is 0 Å². The van der Waals surface area contributed by atoms with Gasteiger partial charge in [0.2, 0.25) is 0 Å². The van der Waals surface area contributed by atoms with Crippen molar-refractivity contribution in [3.05, 3.63) is 29.8 Å². The summed E-state index contributed by atoms with van der Waals surface area (Å²) in [6.07, 6.45) is 3.31. The molecule has 3 saturated heterocycles. The normalized spacial score (nSPS) is 25.4. The third kappa shape index (κ3) is 4.90. The van der Waals surface area contributed by atoms with E-state index in [1.54, 1.807) is 12.1 Å². The molecule has 2 bridgehead atoms. The molecule has 7 heteroatoms. The van der Waals surface area contributed by atoms with Crippen molar-refractivity contribution in [2.24, 2.45) is 5.92 Å². The fourth-order valence-electron chi connectivity index (χ4n) is 4.59. The number of amides is 2. The van der Waals surface area contributed by atoms with E-state index in [1.165, 1.54) is 6.42 Å². The number of piperidine rings is 1. The summed E-state index contributed by atoms with van der Waals surface area (Å²) in [5.41, 5.74) is 0.600. The van der Waals surface area contributed by atoms with Gasteiger partial charge >= 0.3 is 0 Å². The van der Waals surface area contributed by atoms with E-state index in [0.717, 1.165) is 39.0 Å². The number of likely N-dealkylation sites (N-methyl/N-ethyl adjacent to an activating group) is 1. The highest BCUT2D eigenvalue weighted by molar-refractivity contribution is 5.95. The first-order valence-corrected chi connectivity index (χ1v) is 10.7. The van der Waals surface area contributed by atoms with E-state index >= 15 is 0 Å². The van der Waals surface area contributed by atoms with E-state index in [0.29, 0.717) is 37.0 Å². The van der Waals surface area contributed by atoms with E-state index in [4.69, 9.17) is 9.47 Å². The minimum absolute atomic E-state index is 0.00797. The molecular formula is C22H31N3O4. The van der Waals surface area contributed by atoms with Crippen molar-refractivity contribution in [1.29, 1.82) is 0 Å². The standard InChI is InChI=1S/C22H31N3O4/c1-23-11-17-12-25(19(13-23)15-28-14-17)22(27)18-6-5-7-20(10-18)29-16-21(26)24-8-3-2-4-9-24/h5-7,10,17,19H,2-4,8-9,11-16H2,1H3/t17-,19-/m0/s1. The molecule has 0 unspecified atom stereocenters. The number of hydrogen-bond donors (Lipinski definition) is 0. The van der Waals surface area contributed by atoms with Crippen LogP contribution in [-0.2, 0) is 9.53 Å². The molecule has 1 aromatic rings. The van der Waals surface area contributed by atoms with Crippen molar-refractivity contribution in [1.82, 2.24) is 14.7 Å². The van der Waals surface area contributed by atoms with Crippen molar-refractivity contribution in [2.45, 2.75) is 25.3 Å². The van der Waals surface area contributed by atoms with Gasteiger partial charge in [0.15, 0.2) is 6.61 Å². The monoisotopic (exact) mass is 401 g/mol. The predicted molar refractivity (Wildman–Crippen MR) is 109 cm³/mol. The van der Waals surface area contributed by atoms with Crippen molar-refractivity contribution >= 4 is 11.8 Å². The summed E-state index contributed by atoms with van der Waals surface area (Å²) in [5.74, 6) is 0.918. The number of fused-ring (bicyclic) bond motifs is 3.